The molecule has 2 amide bonds. The van der Waals surface area contributed by atoms with Crippen LogP contribution in [0.4, 0.5) is 22.7 Å². The fraction of sp³-hybridized carbons (Fsp3) is 0.125. The third kappa shape index (κ3) is 11.3. The van der Waals surface area contributed by atoms with Gasteiger partial charge in [0.1, 0.15) is 0 Å². The number of azo groups is 2. The van der Waals surface area contributed by atoms with Gasteiger partial charge in [-0.2, -0.15) is 40.7 Å². The molecular formula is C32H26CoLi2N10O8S2. The molecule has 0 saturated heterocycles. The Balaban J connectivity index is 0.000000360. The number of carbonyl (C=O) groups excluding carboxylic acids is 2. The Morgan fingerprint density at radius 3 is 1.24 bits per heavy atom. The standard InChI is InChI=1S/2C16H14N5O4S.Co.2Li/c2*1-10-15(16(23)21(20-10)11-5-3-2-4-6-11)19-18-13-9-12(26(17,24)25)7-8-14(13)22;;;/h2*2-9,15H,1H3,(H2-,17,19,22,24,25);;;/q2*-1;+2;2*+1/p-2. The predicted octanol–water partition coefficient (Wildman–Crippen LogP) is -1.24. The molecule has 0 aliphatic carbocycles. The molecule has 4 aromatic carbocycles. The Labute approximate surface area is 350 Å². The summed E-state index contributed by atoms with van der Waals surface area (Å²) in [6, 6.07) is 21.4. The Hall–Kier alpha value is -4.52. The summed E-state index contributed by atoms with van der Waals surface area (Å²) in [7, 11) is -8.47. The molecule has 2 N–H and O–H groups in total. The van der Waals surface area contributed by atoms with Crippen molar-refractivity contribution < 1.29 is 91.1 Å². The van der Waals surface area contributed by atoms with Gasteiger partial charge in [0, 0.05) is 0 Å². The molecule has 2 heterocycles. The molecule has 2 atom stereocenters. The van der Waals surface area contributed by atoms with E-state index in [1.807, 2.05) is 0 Å². The zero-order chi connectivity index (χ0) is 37.8. The number of sulfonamides is 2. The normalized spacial score (nSPS) is 16.8. The van der Waals surface area contributed by atoms with Gasteiger partial charge in [-0.05, 0) is 62.4 Å². The summed E-state index contributed by atoms with van der Waals surface area (Å²) in [5.74, 6) is -2.01. The molecule has 275 valence electrons. The molecule has 1 radical (unpaired) electrons. The number of hydrazone groups is 2. The summed E-state index contributed by atoms with van der Waals surface area (Å²) < 4.78 is 45.1. The van der Waals surface area contributed by atoms with Crippen LogP contribution in [0.5, 0.6) is 11.5 Å². The summed E-state index contributed by atoms with van der Waals surface area (Å²) in [4.78, 5) is 24.3. The molecular weight excluding hydrogens is 789 g/mol. The second-order valence-corrected chi connectivity index (χ2v) is 13.9. The quantitative estimate of drug-likeness (QED) is 0.153. The minimum atomic E-state index is -4.24. The summed E-state index contributed by atoms with van der Waals surface area (Å²) >= 11 is 0. The minimum absolute atomic E-state index is 0. The average molecular weight is 816 g/mol. The smallest absolute Gasteiger partial charge is 0.871 e. The van der Waals surface area contributed by atoms with Crippen LogP contribution in [0, 0.1) is 0 Å². The van der Waals surface area contributed by atoms with Gasteiger partial charge >= 0.3 is 54.5 Å². The molecule has 18 nitrogen and oxygen atoms in total. The van der Waals surface area contributed by atoms with E-state index in [1.165, 1.54) is 10.0 Å². The molecule has 0 spiro atoms. The second-order valence-electron chi connectivity index (χ2n) is 11.0. The van der Waals surface area contributed by atoms with E-state index in [2.05, 4.69) is 30.7 Å². The van der Waals surface area contributed by atoms with Crippen LogP contribution in [0.15, 0.2) is 138 Å². The second kappa shape index (κ2) is 19.4. The molecule has 0 fully saturated rings. The van der Waals surface area contributed by atoms with Crippen LogP contribution in [0.3, 0.4) is 0 Å². The van der Waals surface area contributed by atoms with E-state index >= 15 is 0 Å². The van der Waals surface area contributed by atoms with E-state index in [0.29, 0.717) is 22.8 Å². The number of carbonyl (C=O) groups is 2. The first-order valence-corrected chi connectivity index (χ1v) is 17.8. The van der Waals surface area contributed by atoms with Crippen LogP contribution in [0.25, 0.3) is 10.3 Å². The van der Waals surface area contributed by atoms with E-state index in [9.17, 15) is 36.6 Å². The fourth-order valence-corrected chi connectivity index (χ4v) is 5.64. The topological polar surface area (TPSA) is 277 Å². The molecule has 0 saturated carbocycles. The molecule has 23 heteroatoms. The minimum Gasteiger partial charge on any atom is -0.871 e. The molecule has 2 aliphatic heterocycles. The van der Waals surface area contributed by atoms with Gasteiger partial charge in [-0.3, -0.25) is 9.59 Å². The van der Waals surface area contributed by atoms with Gasteiger partial charge < -0.3 is 20.5 Å². The third-order valence-electron chi connectivity index (χ3n) is 7.24. The van der Waals surface area contributed by atoms with Gasteiger partial charge in [0.2, 0.25) is 0 Å². The monoisotopic (exact) mass is 815 g/mol. The van der Waals surface area contributed by atoms with Crippen LogP contribution in [0.2, 0.25) is 0 Å². The van der Waals surface area contributed by atoms with Gasteiger partial charge in [0.15, 0.2) is 12.1 Å². The maximum absolute atomic E-state index is 12.5. The predicted molar refractivity (Wildman–Crippen MR) is 185 cm³/mol. The summed E-state index contributed by atoms with van der Waals surface area (Å²) in [6.07, 6.45) is 0. The Kier molecular flexibility index (Phi) is 16.4. The summed E-state index contributed by atoms with van der Waals surface area (Å²) in [6.45, 7) is 3.21. The molecule has 2 unspecified atom stereocenters. The number of para-hydroxylation sites is 2. The number of nitrogens with zero attached hydrogens (tertiary/aromatic N) is 8. The molecule has 2 aliphatic rings. The van der Waals surface area contributed by atoms with Gasteiger partial charge in [-0.25, -0.2) is 16.8 Å². The Morgan fingerprint density at radius 2 is 0.927 bits per heavy atom. The van der Waals surface area contributed by atoms with Crippen LogP contribution in [-0.4, -0.2) is 52.2 Å². The largest absolute Gasteiger partial charge is 2.00 e. The zero-order valence-corrected chi connectivity index (χ0v) is 32.1. The van der Waals surface area contributed by atoms with Crippen molar-refractivity contribution in [2.24, 2.45) is 30.7 Å². The number of amides is 2. The first kappa shape index (κ1) is 46.6. The van der Waals surface area contributed by atoms with E-state index in [-0.39, 0.29) is 75.7 Å². The van der Waals surface area contributed by atoms with Crippen molar-refractivity contribution in [1.29, 1.82) is 0 Å². The van der Waals surface area contributed by atoms with E-state index in [4.69, 9.17) is 10.3 Å². The van der Waals surface area contributed by atoms with Crippen LogP contribution in [-0.2, 0) is 46.4 Å². The summed E-state index contributed by atoms with van der Waals surface area (Å²) in [5.41, 5.74) is 1.38. The van der Waals surface area contributed by atoms with Crippen molar-refractivity contribution in [2.75, 3.05) is 10.0 Å². The van der Waals surface area contributed by atoms with Gasteiger partial charge in [0.05, 0.1) is 64.0 Å². The Morgan fingerprint density at radius 1 is 0.600 bits per heavy atom. The molecule has 0 aromatic heterocycles. The molecule has 4 aromatic rings. The number of hydrogen-bond donors (Lipinski definition) is 0. The fourth-order valence-electron chi connectivity index (χ4n) is 4.61. The number of rotatable bonds is 8. The maximum Gasteiger partial charge on any atom is 2.00 e. The average Bonchev–Trinajstić information content (AvgIpc) is 3.56. The number of benzene rings is 4. The van der Waals surface area contributed by atoms with Crippen molar-refractivity contribution in [2.45, 2.75) is 35.7 Å². The van der Waals surface area contributed by atoms with Crippen molar-refractivity contribution >= 4 is 66.0 Å². The summed E-state index contributed by atoms with van der Waals surface area (Å²) in [5, 5.41) is 63.6. The SMILES string of the molecule is CC1=NN(c2ccccc2)C(=O)C1N=Nc1cc(S([NH-])(=O)=O)ccc1[O-].CC1=NN(c2ccccc2)C(=O)C1N=Nc1cc(S([NH-])(=O)=O)ccc1[O-].[Co+2].[Li+].[Li+]. The molecule has 0 bridgehead atoms. The first-order chi connectivity index (χ1) is 24.5. The van der Waals surface area contributed by atoms with Crippen molar-refractivity contribution in [3.05, 3.63) is 107 Å². The van der Waals surface area contributed by atoms with Crippen LogP contribution in [0.1, 0.15) is 13.8 Å². The van der Waals surface area contributed by atoms with Crippen LogP contribution >= 0.6 is 0 Å². The molecule has 6 rings (SSSR count). The van der Waals surface area contributed by atoms with Gasteiger partial charge in [-0.15, -0.1) is 0 Å². The molecule has 55 heavy (non-hydrogen) atoms. The number of hydrogen-bond acceptors (Lipinski definition) is 14. The van der Waals surface area contributed by atoms with E-state index in [1.54, 1.807) is 74.5 Å². The van der Waals surface area contributed by atoms with Crippen molar-refractivity contribution in [3.63, 3.8) is 0 Å². The van der Waals surface area contributed by atoms with E-state index < -0.39 is 55.4 Å². The maximum atomic E-state index is 12.5. The zero-order valence-electron chi connectivity index (χ0n) is 29.4. The van der Waals surface area contributed by atoms with E-state index in [0.717, 1.165) is 36.4 Å². The van der Waals surface area contributed by atoms with Gasteiger partial charge in [-0.1, -0.05) is 60.0 Å². The van der Waals surface area contributed by atoms with Crippen molar-refractivity contribution in [3.8, 4) is 11.5 Å². The Bertz CT molecular complexity index is 2220. The first-order valence-electron chi connectivity index (χ1n) is 14.9. The number of anilines is 2. The van der Waals surface area contributed by atoms with Crippen molar-refractivity contribution in [1.82, 2.24) is 0 Å². The van der Waals surface area contributed by atoms with Crippen LogP contribution < -0.4 is 58.0 Å². The third-order valence-corrected chi connectivity index (χ3v) is 8.99. The van der Waals surface area contributed by atoms with Gasteiger partial charge in [0.25, 0.3) is 11.8 Å². The number of nitrogens with one attached hydrogen (secondary N) is 2.